The molecule has 0 aromatic carbocycles. The largest absolute Gasteiger partial charge is 0.396 e. The molecule has 1 amide bonds. The highest BCUT2D eigenvalue weighted by Crippen LogP contribution is 2.00. The van der Waals surface area contributed by atoms with Crippen molar-refractivity contribution in [2.75, 3.05) is 26.3 Å². The lowest BCUT2D eigenvalue weighted by Crippen LogP contribution is -2.34. The average molecular weight is 203 g/mol. The molecule has 0 radical (unpaired) electrons. The van der Waals surface area contributed by atoms with Crippen molar-refractivity contribution in [1.29, 1.82) is 0 Å². The standard InChI is InChI=1S/C10H21NO3/c1-2-3-6-11(7-9-13)10(14)5-4-8-12/h12-13H,2-9H2,1H3. The molecule has 0 aliphatic rings. The Balaban J connectivity index is 3.84. The molecule has 84 valence electrons. The highest BCUT2D eigenvalue weighted by molar-refractivity contribution is 5.76. The van der Waals surface area contributed by atoms with Crippen molar-refractivity contribution in [3.8, 4) is 0 Å². The third-order valence-corrected chi connectivity index (χ3v) is 2.05. The van der Waals surface area contributed by atoms with E-state index in [-0.39, 0.29) is 19.1 Å². The summed E-state index contributed by atoms with van der Waals surface area (Å²) in [5.41, 5.74) is 0. The van der Waals surface area contributed by atoms with Gasteiger partial charge in [-0.1, -0.05) is 13.3 Å². The predicted molar refractivity (Wildman–Crippen MR) is 54.9 cm³/mol. The molecule has 14 heavy (non-hydrogen) atoms. The van der Waals surface area contributed by atoms with Crippen LogP contribution in [0.3, 0.4) is 0 Å². The molecule has 0 heterocycles. The lowest BCUT2D eigenvalue weighted by Gasteiger charge is -2.21. The highest BCUT2D eigenvalue weighted by Gasteiger charge is 2.11. The molecule has 0 saturated heterocycles. The van der Waals surface area contributed by atoms with E-state index in [1.54, 1.807) is 4.90 Å². The molecule has 2 N–H and O–H groups in total. The van der Waals surface area contributed by atoms with Gasteiger partial charge in [0.25, 0.3) is 0 Å². The van der Waals surface area contributed by atoms with Gasteiger partial charge < -0.3 is 15.1 Å². The normalized spacial score (nSPS) is 10.2. The van der Waals surface area contributed by atoms with E-state index in [4.69, 9.17) is 10.2 Å². The molecule has 0 spiro atoms. The van der Waals surface area contributed by atoms with Crippen LogP contribution in [0.5, 0.6) is 0 Å². The zero-order valence-electron chi connectivity index (χ0n) is 8.91. The fraction of sp³-hybridized carbons (Fsp3) is 0.900. The van der Waals surface area contributed by atoms with E-state index in [9.17, 15) is 4.79 Å². The van der Waals surface area contributed by atoms with E-state index >= 15 is 0 Å². The second kappa shape index (κ2) is 8.97. The van der Waals surface area contributed by atoms with Gasteiger partial charge in [-0.15, -0.1) is 0 Å². The second-order valence-corrected chi connectivity index (χ2v) is 3.29. The number of carbonyl (C=O) groups excluding carboxylic acids is 1. The van der Waals surface area contributed by atoms with Crippen LogP contribution in [0.1, 0.15) is 32.6 Å². The molecule has 4 heteroatoms. The number of amides is 1. The SMILES string of the molecule is CCCCN(CCO)C(=O)CCCO. The van der Waals surface area contributed by atoms with Crippen LogP contribution in [0.25, 0.3) is 0 Å². The minimum atomic E-state index is 0.00851. The molecule has 0 saturated carbocycles. The Labute approximate surface area is 85.5 Å². The molecule has 0 fully saturated rings. The van der Waals surface area contributed by atoms with E-state index in [1.165, 1.54) is 0 Å². The Morgan fingerprint density at radius 2 is 1.86 bits per heavy atom. The van der Waals surface area contributed by atoms with Gasteiger partial charge in [-0.2, -0.15) is 0 Å². The van der Waals surface area contributed by atoms with Gasteiger partial charge in [0.15, 0.2) is 0 Å². The van der Waals surface area contributed by atoms with Crippen molar-refractivity contribution < 1.29 is 15.0 Å². The van der Waals surface area contributed by atoms with E-state index < -0.39 is 0 Å². The third kappa shape index (κ3) is 5.94. The van der Waals surface area contributed by atoms with Crippen LogP contribution in [-0.2, 0) is 4.79 Å². The topological polar surface area (TPSA) is 60.8 Å². The Hall–Kier alpha value is -0.610. The van der Waals surface area contributed by atoms with Crippen LogP contribution in [-0.4, -0.2) is 47.3 Å². The van der Waals surface area contributed by atoms with E-state index in [0.717, 1.165) is 12.8 Å². The van der Waals surface area contributed by atoms with Crippen LogP contribution in [0, 0.1) is 0 Å². The molecule has 0 aliphatic carbocycles. The number of carbonyl (C=O) groups is 1. The van der Waals surface area contributed by atoms with Gasteiger partial charge in [-0.3, -0.25) is 4.79 Å². The molecule has 0 atom stereocenters. The predicted octanol–water partition coefficient (Wildman–Crippen LogP) is 0.380. The Morgan fingerprint density at radius 3 is 2.36 bits per heavy atom. The van der Waals surface area contributed by atoms with Gasteiger partial charge in [0.1, 0.15) is 0 Å². The van der Waals surface area contributed by atoms with E-state index in [2.05, 4.69) is 6.92 Å². The Morgan fingerprint density at radius 1 is 1.14 bits per heavy atom. The summed E-state index contributed by atoms with van der Waals surface area (Å²) >= 11 is 0. The summed E-state index contributed by atoms with van der Waals surface area (Å²) in [6.07, 6.45) is 2.88. The van der Waals surface area contributed by atoms with Gasteiger partial charge in [-0.05, 0) is 12.8 Å². The summed E-state index contributed by atoms with van der Waals surface area (Å²) < 4.78 is 0. The van der Waals surface area contributed by atoms with Gasteiger partial charge in [0.2, 0.25) is 5.91 Å². The summed E-state index contributed by atoms with van der Waals surface area (Å²) in [5, 5.41) is 17.3. The molecule has 0 aromatic heterocycles. The van der Waals surface area contributed by atoms with Crippen LogP contribution in [0.4, 0.5) is 0 Å². The molecule has 0 unspecified atom stereocenters. The Bertz CT molecular complexity index is 150. The molecule has 0 rings (SSSR count). The number of rotatable bonds is 8. The summed E-state index contributed by atoms with van der Waals surface area (Å²) in [4.78, 5) is 13.2. The monoisotopic (exact) mass is 203 g/mol. The van der Waals surface area contributed by atoms with Crippen molar-refractivity contribution >= 4 is 5.91 Å². The summed E-state index contributed by atoms with van der Waals surface area (Å²) in [5.74, 6) is 0.0292. The molecule has 4 nitrogen and oxygen atoms in total. The molecule has 0 aromatic rings. The average Bonchev–Trinajstić information content (AvgIpc) is 2.20. The zero-order valence-corrected chi connectivity index (χ0v) is 8.91. The first-order chi connectivity index (χ1) is 6.76. The number of nitrogens with zero attached hydrogens (tertiary/aromatic N) is 1. The third-order valence-electron chi connectivity index (χ3n) is 2.05. The van der Waals surface area contributed by atoms with Crippen LogP contribution in [0.15, 0.2) is 0 Å². The number of hydrogen-bond acceptors (Lipinski definition) is 3. The van der Waals surface area contributed by atoms with Crippen molar-refractivity contribution in [2.24, 2.45) is 0 Å². The van der Waals surface area contributed by atoms with Gasteiger partial charge >= 0.3 is 0 Å². The van der Waals surface area contributed by atoms with E-state index in [1.807, 2.05) is 0 Å². The molecule has 0 bridgehead atoms. The molecular weight excluding hydrogens is 182 g/mol. The van der Waals surface area contributed by atoms with Crippen molar-refractivity contribution in [2.45, 2.75) is 32.6 Å². The first-order valence-electron chi connectivity index (χ1n) is 5.25. The summed E-state index contributed by atoms with van der Waals surface area (Å²) in [6, 6.07) is 0. The zero-order chi connectivity index (χ0) is 10.8. The number of hydrogen-bond donors (Lipinski definition) is 2. The maximum absolute atomic E-state index is 11.5. The van der Waals surface area contributed by atoms with Crippen molar-refractivity contribution in [3.63, 3.8) is 0 Å². The van der Waals surface area contributed by atoms with Crippen LogP contribution in [0.2, 0.25) is 0 Å². The summed E-state index contributed by atoms with van der Waals surface area (Å²) in [6.45, 7) is 3.24. The van der Waals surface area contributed by atoms with Crippen LogP contribution < -0.4 is 0 Å². The minimum Gasteiger partial charge on any atom is -0.396 e. The van der Waals surface area contributed by atoms with Crippen LogP contribution >= 0.6 is 0 Å². The maximum atomic E-state index is 11.5. The van der Waals surface area contributed by atoms with Gasteiger partial charge in [-0.25, -0.2) is 0 Å². The quantitative estimate of drug-likeness (QED) is 0.599. The molecule has 0 aliphatic heterocycles. The number of unbranched alkanes of at least 4 members (excludes halogenated alkanes) is 1. The smallest absolute Gasteiger partial charge is 0.222 e. The second-order valence-electron chi connectivity index (χ2n) is 3.29. The lowest BCUT2D eigenvalue weighted by atomic mass is 10.2. The first kappa shape index (κ1) is 13.4. The van der Waals surface area contributed by atoms with E-state index in [0.29, 0.717) is 25.9 Å². The molecular formula is C10H21NO3. The minimum absolute atomic E-state index is 0.00851. The Kier molecular flexibility index (Phi) is 8.57. The lowest BCUT2D eigenvalue weighted by molar-refractivity contribution is -0.132. The van der Waals surface area contributed by atoms with Crippen molar-refractivity contribution in [3.05, 3.63) is 0 Å². The summed E-state index contributed by atoms with van der Waals surface area (Å²) in [7, 11) is 0. The highest BCUT2D eigenvalue weighted by atomic mass is 16.3. The maximum Gasteiger partial charge on any atom is 0.222 e. The fourth-order valence-corrected chi connectivity index (χ4v) is 1.22. The van der Waals surface area contributed by atoms with Gasteiger partial charge in [0.05, 0.1) is 6.61 Å². The fourth-order valence-electron chi connectivity index (χ4n) is 1.22. The van der Waals surface area contributed by atoms with Gasteiger partial charge in [0, 0.05) is 26.1 Å². The number of aliphatic hydroxyl groups is 2. The first-order valence-corrected chi connectivity index (χ1v) is 5.25. The van der Waals surface area contributed by atoms with Crippen molar-refractivity contribution in [1.82, 2.24) is 4.90 Å². The number of aliphatic hydroxyl groups excluding tert-OH is 2.